The molecule has 0 aromatic heterocycles. The molecule has 0 spiro atoms. The fraction of sp³-hybridized carbons (Fsp3) is 0.909. The van der Waals surface area contributed by atoms with E-state index in [1.54, 1.807) is 0 Å². The molecule has 82 valence electrons. The third-order valence-electron chi connectivity index (χ3n) is 3.34. The maximum absolute atomic E-state index is 10.3. The Morgan fingerprint density at radius 3 is 2.57 bits per heavy atom. The van der Waals surface area contributed by atoms with Gasteiger partial charge in [-0.2, -0.15) is 0 Å². The van der Waals surface area contributed by atoms with Gasteiger partial charge in [0.15, 0.2) is 0 Å². The van der Waals surface area contributed by atoms with Crippen molar-refractivity contribution in [3.05, 3.63) is 0 Å². The SMILES string of the molecule is CC(C)C1(CNCCCC(=O)O)CC1. The van der Waals surface area contributed by atoms with Gasteiger partial charge in [-0.25, -0.2) is 0 Å². The van der Waals surface area contributed by atoms with Crippen LogP contribution in [-0.4, -0.2) is 24.2 Å². The van der Waals surface area contributed by atoms with Crippen LogP contribution in [-0.2, 0) is 4.79 Å². The molecule has 1 aliphatic carbocycles. The van der Waals surface area contributed by atoms with Gasteiger partial charge in [0.25, 0.3) is 0 Å². The highest BCUT2D eigenvalue weighted by atomic mass is 16.4. The lowest BCUT2D eigenvalue weighted by atomic mass is 9.92. The highest BCUT2D eigenvalue weighted by molar-refractivity contribution is 5.66. The standard InChI is InChI=1S/C11H21NO2/c1-9(2)11(5-6-11)8-12-7-3-4-10(13)14/h9,12H,3-8H2,1-2H3,(H,13,14). The zero-order valence-corrected chi connectivity index (χ0v) is 9.18. The Hall–Kier alpha value is -0.570. The summed E-state index contributed by atoms with van der Waals surface area (Å²) in [4.78, 5) is 10.3. The van der Waals surface area contributed by atoms with Crippen LogP contribution in [0.15, 0.2) is 0 Å². The van der Waals surface area contributed by atoms with Gasteiger partial charge in [0.2, 0.25) is 0 Å². The molecule has 3 nitrogen and oxygen atoms in total. The van der Waals surface area contributed by atoms with Crippen molar-refractivity contribution in [2.24, 2.45) is 11.3 Å². The van der Waals surface area contributed by atoms with E-state index < -0.39 is 5.97 Å². The molecule has 0 aliphatic heterocycles. The van der Waals surface area contributed by atoms with E-state index in [-0.39, 0.29) is 6.42 Å². The predicted octanol–water partition coefficient (Wildman–Crippen LogP) is 1.88. The van der Waals surface area contributed by atoms with E-state index in [1.807, 2.05) is 0 Å². The summed E-state index contributed by atoms with van der Waals surface area (Å²) in [6, 6.07) is 0. The summed E-state index contributed by atoms with van der Waals surface area (Å²) < 4.78 is 0. The van der Waals surface area contributed by atoms with Crippen LogP contribution < -0.4 is 5.32 Å². The minimum atomic E-state index is -0.697. The summed E-state index contributed by atoms with van der Waals surface area (Å²) in [6.07, 6.45) is 3.68. The van der Waals surface area contributed by atoms with Crippen LogP contribution in [0.4, 0.5) is 0 Å². The van der Waals surface area contributed by atoms with Gasteiger partial charge >= 0.3 is 5.97 Å². The van der Waals surface area contributed by atoms with Crippen LogP contribution >= 0.6 is 0 Å². The molecule has 0 saturated heterocycles. The highest BCUT2D eigenvalue weighted by Crippen LogP contribution is 2.51. The number of aliphatic carboxylic acids is 1. The molecular formula is C11H21NO2. The van der Waals surface area contributed by atoms with E-state index in [0.29, 0.717) is 5.41 Å². The van der Waals surface area contributed by atoms with Crippen molar-refractivity contribution in [1.82, 2.24) is 5.32 Å². The van der Waals surface area contributed by atoms with E-state index in [4.69, 9.17) is 5.11 Å². The number of rotatable bonds is 7. The van der Waals surface area contributed by atoms with Crippen molar-refractivity contribution in [2.75, 3.05) is 13.1 Å². The molecule has 0 bridgehead atoms. The molecule has 1 rings (SSSR count). The summed E-state index contributed by atoms with van der Waals surface area (Å²) in [6.45, 7) is 6.43. The lowest BCUT2D eigenvalue weighted by molar-refractivity contribution is -0.137. The average molecular weight is 199 g/mol. The zero-order valence-electron chi connectivity index (χ0n) is 9.18. The number of carboxylic acid groups (broad SMARTS) is 1. The van der Waals surface area contributed by atoms with Crippen molar-refractivity contribution < 1.29 is 9.90 Å². The lowest BCUT2D eigenvalue weighted by Gasteiger charge is -2.19. The zero-order chi connectivity index (χ0) is 10.6. The molecule has 1 aliphatic rings. The van der Waals surface area contributed by atoms with Crippen molar-refractivity contribution in [3.63, 3.8) is 0 Å². The number of nitrogens with one attached hydrogen (secondary N) is 1. The van der Waals surface area contributed by atoms with Crippen LogP contribution in [0.1, 0.15) is 39.5 Å². The van der Waals surface area contributed by atoms with Gasteiger partial charge in [-0.3, -0.25) is 4.79 Å². The molecule has 1 fully saturated rings. The summed E-state index contributed by atoms with van der Waals surface area (Å²) in [5.74, 6) is 0.0475. The number of carboxylic acids is 1. The molecule has 3 heteroatoms. The third kappa shape index (κ3) is 3.29. The van der Waals surface area contributed by atoms with Gasteiger partial charge in [0.1, 0.15) is 0 Å². The lowest BCUT2D eigenvalue weighted by Crippen LogP contribution is -2.28. The quantitative estimate of drug-likeness (QED) is 0.615. The first-order chi connectivity index (χ1) is 6.57. The van der Waals surface area contributed by atoms with Gasteiger partial charge in [0, 0.05) is 13.0 Å². The van der Waals surface area contributed by atoms with Crippen LogP contribution in [0.25, 0.3) is 0 Å². The van der Waals surface area contributed by atoms with Crippen LogP contribution in [0.3, 0.4) is 0 Å². The minimum absolute atomic E-state index is 0.279. The molecule has 2 N–H and O–H groups in total. The van der Waals surface area contributed by atoms with Crippen molar-refractivity contribution in [3.8, 4) is 0 Å². The molecule has 14 heavy (non-hydrogen) atoms. The molecule has 0 radical (unpaired) electrons. The minimum Gasteiger partial charge on any atom is -0.481 e. The number of carbonyl (C=O) groups is 1. The second kappa shape index (κ2) is 4.78. The fourth-order valence-corrected chi connectivity index (χ4v) is 1.82. The summed E-state index contributed by atoms with van der Waals surface area (Å²) >= 11 is 0. The second-order valence-electron chi connectivity index (χ2n) is 4.69. The van der Waals surface area contributed by atoms with Crippen LogP contribution in [0, 0.1) is 11.3 Å². The van der Waals surface area contributed by atoms with Crippen LogP contribution in [0.5, 0.6) is 0 Å². The van der Waals surface area contributed by atoms with Crippen molar-refractivity contribution in [1.29, 1.82) is 0 Å². The van der Waals surface area contributed by atoms with Crippen LogP contribution in [0.2, 0.25) is 0 Å². The Morgan fingerprint density at radius 1 is 1.50 bits per heavy atom. The Morgan fingerprint density at radius 2 is 2.14 bits per heavy atom. The summed E-state index contributed by atoms with van der Waals surface area (Å²) in [7, 11) is 0. The first-order valence-corrected chi connectivity index (χ1v) is 5.49. The molecule has 0 heterocycles. The number of hydrogen-bond acceptors (Lipinski definition) is 2. The second-order valence-corrected chi connectivity index (χ2v) is 4.69. The summed E-state index contributed by atoms with van der Waals surface area (Å²) in [5, 5.41) is 11.8. The molecule has 0 amide bonds. The largest absolute Gasteiger partial charge is 0.481 e. The normalized spacial score (nSPS) is 18.5. The first-order valence-electron chi connectivity index (χ1n) is 5.49. The monoisotopic (exact) mass is 199 g/mol. The Bertz CT molecular complexity index is 197. The smallest absolute Gasteiger partial charge is 0.303 e. The van der Waals surface area contributed by atoms with E-state index in [2.05, 4.69) is 19.2 Å². The predicted molar refractivity (Wildman–Crippen MR) is 56.2 cm³/mol. The Labute approximate surface area is 85.9 Å². The van der Waals surface area contributed by atoms with E-state index in [9.17, 15) is 4.79 Å². The Balaban J connectivity index is 2.02. The van der Waals surface area contributed by atoms with Gasteiger partial charge in [0.05, 0.1) is 0 Å². The fourth-order valence-electron chi connectivity index (χ4n) is 1.82. The average Bonchev–Trinajstić information content (AvgIpc) is 2.84. The van der Waals surface area contributed by atoms with Gasteiger partial charge in [-0.05, 0) is 37.1 Å². The molecule has 1 saturated carbocycles. The third-order valence-corrected chi connectivity index (χ3v) is 3.34. The Kier molecular flexibility index (Phi) is 3.93. The molecular weight excluding hydrogens is 178 g/mol. The van der Waals surface area contributed by atoms with E-state index in [0.717, 1.165) is 25.4 Å². The first kappa shape index (κ1) is 11.5. The molecule has 0 atom stereocenters. The van der Waals surface area contributed by atoms with Crippen molar-refractivity contribution in [2.45, 2.75) is 39.5 Å². The van der Waals surface area contributed by atoms with Gasteiger partial charge in [-0.1, -0.05) is 13.8 Å². The van der Waals surface area contributed by atoms with E-state index in [1.165, 1.54) is 12.8 Å². The van der Waals surface area contributed by atoms with Crippen molar-refractivity contribution >= 4 is 5.97 Å². The van der Waals surface area contributed by atoms with Gasteiger partial charge < -0.3 is 10.4 Å². The molecule has 0 aromatic carbocycles. The van der Waals surface area contributed by atoms with E-state index >= 15 is 0 Å². The van der Waals surface area contributed by atoms with Gasteiger partial charge in [-0.15, -0.1) is 0 Å². The highest BCUT2D eigenvalue weighted by Gasteiger charge is 2.44. The number of hydrogen-bond donors (Lipinski definition) is 2. The molecule has 0 unspecified atom stereocenters. The maximum atomic E-state index is 10.3. The maximum Gasteiger partial charge on any atom is 0.303 e. The summed E-state index contributed by atoms with van der Waals surface area (Å²) in [5.41, 5.74) is 0.531. The topological polar surface area (TPSA) is 49.3 Å². The molecule has 0 aromatic rings.